The SMILES string of the molecule is CNC(=O)C1CCCN(C(=O)N[C@H](CC(=O)O)C(=O)O)C1. The molecule has 118 valence electrons. The highest BCUT2D eigenvalue weighted by Gasteiger charge is 2.30. The fraction of sp³-hybridized carbons (Fsp3) is 0.667. The summed E-state index contributed by atoms with van der Waals surface area (Å²) >= 11 is 0. The fourth-order valence-corrected chi connectivity index (χ4v) is 2.19. The Labute approximate surface area is 121 Å². The molecule has 3 amide bonds. The van der Waals surface area contributed by atoms with Crippen molar-refractivity contribution in [1.29, 1.82) is 0 Å². The molecule has 21 heavy (non-hydrogen) atoms. The van der Waals surface area contributed by atoms with E-state index in [0.717, 1.165) is 0 Å². The van der Waals surface area contributed by atoms with E-state index in [-0.39, 0.29) is 18.4 Å². The molecule has 1 saturated heterocycles. The van der Waals surface area contributed by atoms with E-state index in [2.05, 4.69) is 10.6 Å². The summed E-state index contributed by atoms with van der Waals surface area (Å²) in [5, 5.41) is 22.2. The van der Waals surface area contributed by atoms with E-state index in [1.54, 1.807) is 0 Å². The first-order chi connectivity index (χ1) is 9.85. The number of aliphatic carboxylic acids is 2. The highest BCUT2D eigenvalue weighted by Crippen LogP contribution is 2.16. The molecule has 0 aromatic rings. The molecule has 1 fully saturated rings. The molecule has 1 unspecified atom stereocenters. The number of likely N-dealkylation sites (tertiary alicyclic amines) is 1. The van der Waals surface area contributed by atoms with Crippen LogP contribution >= 0.6 is 0 Å². The zero-order valence-electron chi connectivity index (χ0n) is 11.7. The van der Waals surface area contributed by atoms with E-state index in [9.17, 15) is 19.2 Å². The van der Waals surface area contributed by atoms with E-state index in [4.69, 9.17) is 10.2 Å². The van der Waals surface area contributed by atoms with Gasteiger partial charge < -0.3 is 25.7 Å². The maximum absolute atomic E-state index is 12.0. The Morgan fingerprint density at radius 2 is 1.95 bits per heavy atom. The number of carboxylic acids is 2. The second kappa shape index (κ2) is 7.46. The Kier molecular flexibility index (Phi) is 5.94. The predicted octanol–water partition coefficient (Wildman–Crippen LogP) is -0.918. The number of rotatable bonds is 5. The van der Waals surface area contributed by atoms with Gasteiger partial charge in [0.2, 0.25) is 5.91 Å². The minimum atomic E-state index is -1.49. The lowest BCUT2D eigenvalue weighted by Crippen LogP contribution is -2.52. The normalized spacial score (nSPS) is 19.5. The monoisotopic (exact) mass is 301 g/mol. The third kappa shape index (κ3) is 4.93. The van der Waals surface area contributed by atoms with Gasteiger partial charge in [-0.2, -0.15) is 0 Å². The molecule has 9 nitrogen and oxygen atoms in total. The summed E-state index contributed by atoms with van der Waals surface area (Å²) in [7, 11) is 1.51. The zero-order valence-corrected chi connectivity index (χ0v) is 11.7. The number of amides is 3. The van der Waals surface area contributed by atoms with E-state index >= 15 is 0 Å². The van der Waals surface area contributed by atoms with Crippen LogP contribution < -0.4 is 10.6 Å². The number of nitrogens with zero attached hydrogens (tertiary/aromatic N) is 1. The number of carbonyl (C=O) groups excluding carboxylic acids is 2. The van der Waals surface area contributed by atoms with Crippen LogP contribution in [0.5, 0.6) is 0 Å². The molecule has 1 rings (SSSR count). The van der Waals surface area contributed by atoms with Gasteiger partial charge in [0.1, 0.15) is 6.04 Å². The van der Waals surface area contributed by atoms with Gasteiger partial charge in [-0.1, -0.05) is 0 Å². The van der Waals surface area contributed by atoms with Crippen LogP contribution in [0.1, 0.15) is 19.3 Å². The average molecular weight is 301 g/mol. The summed E-state index contributed by atoms with van der Waals surface area (Å²) in [5.41, 5.74) is 0. The van der Waals surface area contributed by atoms with Crippen molar-refractivity contribution in [2.24, 2.45) is 5.92 Å². The van der Waals surface area contributed by atoms with E-state index < -0.39 is 30.4 Å². The van der Waals surface area contributed by atoms with Crippen molar-refractivity contribution < 1.29 is 29.4 Å². The Bertz CT molecular complexity index is 439. The van der Waals surface area contributed by atoms with Crippen LogP contribution in [0.25, 0.3) is 0 Å². The molecule has 1 aliphatic rings. The highest BCUT2D eigenvalue weighted by molar-refractivity contribution is 5.86. The Hall–Kier alpha value is -2.32. The molecule has 1 heterocycles. The second-order valence-electron chi connectivity index (χ2n) is 4.84. The summed E-state index contributed by atoms with van der Waals surface area (Å²) in [6.45, 7) is 0.587. The lowest BCUT2D eigenvalue weighted by atomic mass is 9.97. The minimum Gasteiger partial charge on any atom is -0.481 e. The number of urea groups is 1. The molecule has 0 spiro atoms. The average Bonchev–Trinajstić information content (AvgIpc) is 2.45. The molecule has 0 radical (unpaired) electrons. The van der Waals surface area contributed by atoms with Crippen molar-refractivity contribution in [3.8, 4) is 0 Å². The molecule has 2 atom stereocenters. The molecule has 0 aliphatic carbocycles. The molecule has 0 aromatic carbocycles. The summed E-state index contributed by atoms with van der Waals surface area (Å²) in [6, 6.07) is -2.16. The van der Waals surface area contributed by atoms with E-state index in [0.29, 0.717) is 19.4 Å². The number of piperidine rings is 1. The molecular formula is C12H19N3O6. The fourth-order valence-electron chi connectivity index (χ4n) is 2.19. The first kappa shape index (κ1) is 16.7. The molecule has 0 aromatic heterocycles. The van der Waals surface area contributed by atoms with Gasteiger partial charge in [-0.05, 0) is 12.8 Å². The predicted molar refractivity (Wildman–Crippen MR) is 70.6 cm³/mol. The van der Waals surface area contributed by atoms with Gasteiger partial charge in [-0.25, -0.2) is 9.59 Å². The molecule has 0 bridgehead atoms. The summed E-state index contributed by atoms with van der Waals surface area (Å²) in [5.74, 6) is -3.24. The lowest BCUT2D eigenvalue weighted by Gasteiger charge is -2.32. The van der Waals surface area contributed by atoms with Crippen LogP contribution in [-0.2, 0) is 14.4 Å². The first-order valence-electron chi connectivity index (χ1n) is 6.56. The van der Waals surface area contributed by atoms with Crippen LogP contribution in [0.15, 0.2) is 0 Å². The van der Waals surface area contributed by atoms with Crippen molar-refractivity contribution >= 4 is 23.9 Å². The van der Waals surface area contributed by atoms with Crippen molar-refractivity contribution in [2.45, 2.75) is 25.3 Å². The molecule has 4 N–H and O–H groups in total. The third-order valence-electron chi connectivity index (χ3n) is 3.30. The van der Waals surface area contributed by atoms with Crippen LogP contribution in [0, 0.1) is 5.92 Å². The molecule has 1 aliphatic heterocycles. The second-order valence-corrected chi connectivity index (χ2v) is 4.84. The standard InChI is InChI=1S/C12H19N3O6/c1-13-10(18)7-3-2-4-15(6-7)12(21)14-8(11(19)20)5-9(16)17/h7-8H,2-6H2,1H3,(H,13,18)(H,14,21)(H,16,17)(H,19,20)/t7?,8-/m1/s1. The number of hydrogen-bond donors (Lipinski definition) is 4. The molecule has 0 saturated carbocycles. The topological polar surface area (TPSA) is 136 Å². The minimum absolute atomic E-state index is 0.173. The lowest BCUT2D eigenvalue weighted by molar-refractivity contribution is -0.145. The van der Waals surface area contributed by atoms with Gasteiger partial charge in [0, 0.05) is 20.1 Å². The number of hydrogen-bond acceptors (Lipinski definition) is 4. The van der Waals surface area contributed by atoms with Crippen LogP contribution in [0.3, 0.4) is 0 Å². The Morgan fingerprint density at radius 3 is 2.48 bits per heavy atom. The maximum Gasteiger partial charge on any atom is 0.326 e. The van der Waals surface area contributed by atoms with Gasteiger partial charge in [-0.15, -0.1) is 0 Å². The van der Waals surface area contributed by atoms with Crippen LogP contribution in [0.4, 0.5) is 4.79 Å². The van der Waals surface area contributed by atoms with Crippen molar-refractivity contribution in [2.75, 3.05) is 20.1 Å². The van der Waals surface area contributed by atoms with E-state index in [1.807, 2.05) is 0 Å². The van der Waals surface area contributed by atoms with Crippen molar-refractivity contribution in [3.63, 3.8) is 0 Å². The van der Waals surface area contributed by atoms with Gasteiger partial charge in [0.15, 0.2) is 0 Å². The molecule has 9 heteroatoms. The smallest absolute Gasteiger partial charge is 0.326 e. The van der Waals surface area contributed by atoms with Gasteiger partial charge in [-0.3, -0.25) is 9.59 Å². The van der Waals surface area contributed by atoms with Gasteiger partial charge in [0.05, 0.1) is 12.3 Å². The van der Waals surface area contributed by atoms with Gasteiger partial charge in [0.25, 0.3) is 0 Å². The zero-order chi connectivity index (χ0) is 16.0. The number of carbonyl (C=O) groups is 4. The highest BCUT2D eigenvalue weighted by atomic mass is 16.4. The summed E-state index contributed by atoms with van der Waals surface area (Å²) < 4.78 is 0. The van der Waals surface area contributed by atoms with Crippen molar-refractivity contribution in [3.05, 3.63) is 0 Å². The van der Waals surface area contributed by atoms with Gasteiger partial charge >= 0.3 is 18.0 Å². The Morgan fingerprint density at radius 1 is 1.29 bits per heavy atom. The molecular weight excluding hydrogens is 282 g/mol. The quantitative estimate of drug-likeness (QED) is 0.518. The van der Waals surface area contributed by atoms with Crippen LogP contribution in [0.2, 0.25) is 0 Å². The third-order valence-corrected chi connectivity index (χ3v) is 3.30. The number of nitrogens with one attached hydrogen (secondary N) is 2. The first-order valence-corrected chi connectivity index (χ1v) is 6.56. The Balaban J connectivity index is 2.62. The van der Waals surface area contributed by atoms with Crippen LogP contribution in [-0.4, -0.2) is 65.2 Å². The summed E-state index contributed by atoms with van der Waals surface area (Å²) in [4.78, 5) is 46.4. The maximum atomic E-state index is 12.0. The number of carboxylic acid groups (broad SMARTS) is 2. The largest absolute Gasteiger partial charge is 0.481 e. The van der Waals surface area contributed by atoms with Crippen molar-refractivity contribution in [1.82, 2.24) is 15.5 Å². The summed E-state index contributed by atoms with van der Waals surface area (Å²) in [6.07, 6.45) is 0.580. The van der Waals surface area contributed by atoms with E-state index in [1.165, 1.54) is 11.9 Å².